The maximum Gasteiger partial charge on any atom is 0.293 e. The molecule has 3 aromatic rings. The molecular formula is C26H33ClN6O3. The van der Waals surface area contributed by atoms with Crippen LogP contribution in [0.5, 0.6) is 5.75 Å². The average Bonchev–Trinajstić information content (AvgIpc) is 2.86. The van der Waals surface area contributed by atoms with Gasteiger partial charge in [-0.25, -0.2) is 4.98 Å². The predicted octanol–water partition coefficient (Wildman–Crippen LogP) is 4.21. The van der Waals surface area contributed by atoms with E-state index in [2.05, 4.69) is 27.4 Å². The molecule has 0 radical (unpaired) electrons. The monoisotopic (exact) mass is 512 g/mol. The minimum atomic E-state index is -0.308. The molecule has 4 rings (SSSR count). The Morgan fingerprint density at radius 2 is 2.00 bits per heavy atom. The lowest BCUT2D eigenvalue weighted by Gasteiger charge is -2.30. The third-order valence-corrected chi connectivity index (χ3v) is 6.58. The van der Waals surface area contributed by atoms with E-state index in [0.717, 1.165) is 42.5 Å². The van der Waals surface area contributed by atoms with Crippen molar-refractivity contribution in [2.45, 2.75) is 40.2 Å². The Bertz CT molecular complexity index is 1300. The number of likely N-dealkylation sites (N-methyl/N-ethyl adjacent to an activating group) is 1. The summed E-state index contributed by atoms with van der Waals surface area (Å²) in [6.45, 7) is 8.49. The third-order valence-electron chi connectivity index (χ3n) is 6.31. The molecule has 1 aliphatic heterocycles. The van der Waals surface area contributed by atoms with Gasteiger partial charge in [0.2, 0.25) is 5.95 Å². The van der Waals surface area contributed by atoms with E-state index >= 15 is 0 Å². The van der Waals surface area contributed by atoms with E-state index in [1.807, 2.05) is 32.0 Å². The van der Waals surface area contributed by atoms with E-state index in [1.165, 1.54) is 7.05 Å². The Hall–Kier alpha value is -3.33. The molecule has 192 valence electrons. The van der Waals surface area contributed by atoms with Gasteiger partial charge < -0.3 is 24.8 Å². The van der Waals surface area contributed by atoms with Crippen LogP contribution < -0.4 is 25.8 Å². The lowest BCUT2D eigenvalue weighted by molar-refractivity contribution is -0.122. The standard InChI is InChI=1S/C26H33ClN6O3/c1-16(2)14-33-21-6-5-19(11-18(21)12-22(25(33)35)36-15-23(34)28-4)30-24-20(27)13-29-26(31-24)32-9-7-17(3)8-10-32/h5-6,11-13,16-17H,7-10,14-15H2,1-4H3,(H,28,34)(H,29,30,31). The zero-order chi connectivity index (χ0) is 25.8. The van der Waals surface area contributed by atoms with Gasteiger partial charge in [-0.2, -0.15) is 4.98 Å². The molecule has 1 fully saturated rings. The van der Waals surface area contributed by atoms with E-state index in [4.69, 9.17) is 21.3 Å². The molecule has 1 amide bonds. The van der Waals surface area contributed by atoms with Crippen LogP contribution in [0, 0.1) is 11.8 Å². The number of fused-ring (bicyclic) bond motifs is 1. The van der Waals surface area contributed by atoms with Gasteiger partial charge in [0.15, 0.2) is 18.2 Å². The molecule has 1 aliphatic rings. The number of hydrogen-bond acceptors (Lipinski definition) is 7. The fourth-order valence-corrected chi connectivity index (χ4v) is 4.39. The van der Waals surface area contributed by atoms with Crippen molar-refractivity contribution in [1.29, 1.82) is 0 Å². The number of amides is 1. The van der Waals surface area contributed by atoms with Gasteiger partial charge in [-0.1, -0.05) is 32.4 Å². The average molecular weight is 513 g/mol. The summed E-state index contributed by atoms with van der Waals surface area (Å²) in [5.74, 6) is 1.95. The minimum Gasteiger partial charge on any atom is -0.478 e. The first-order chi connectivity index (χ1) is 17.2. The summed E-state index contributed by atoms with van der Waals surface area (Å²) >= 11 is 6.43. The van der Waals surface area contributed by atoms with Crippen LogP contribution >= 0.6 is 11.6 Å². The zero-order valence-corrected chi connectivity index (χ0v) is 21.9. The molecule has 3 heterocycles. The van der Waals surface area contributed by atoms with Gasteiger partial charge in [-0.3, -0.25) is 9.59 Å². The Labute approximate surface area is 215 Å². The topological polar surface area (TPSA) is 101 Å². The number of pyridine rings is 1. The first kappa shape index (κ1) is 25.8. The van der Waals surface area contributed by atoms with Crippen LogP contribution in [0.1, 0.15) is 33.6 Å². The largest absolute Gasteiger partial charge is 0.478 e. The third kappa shape index (κ3) is 5.90. The zero-order valence-electron chi connectivity index (χ0n) is 21.2. The van der Waals surface area contributed by atoms with Crippen LogP contribution in [-0.2, 0) is 11.3 Å². The van der Waals surface area contributed by atoms with E-state index in [9.17, 15) is 9.59 Å². The van der Waals surface area contributed by atoms with Gasteiger partial charge in [-0.05, 0) is 48.9 Å². The number of rotatable bonds is 8. The maximum atomic E-state index is 13.1. The maximum absolute atomic E-state index is 13.1. The molecule has 1 saturated heterocycles. The molecule has 0 atom stereocenters. The number of hydrogen-bond donors (Lipinski definition) is 2. The number of benzene rings is 1. The van der Waals surface area contributed by atoms with Gasteiger partial charge in [0.1, 0.15) is 5.02 Å². The molecule has 36 heavy (non-hydrogen) atoms. The molecule has 9 nitrogen and oxygen atoms in total. The highest BCUT2D eigenvalue weighted by Crippen LogP contribution is 2.29. The van der Waals surface area contributed by atoms with Crippen molar-refractivity contribution in [2.24, 2.45) is 11.8 Å². The molecule has 0 spiro atoms. The Morgan fingerprint density at radius 3 is 2.69 bits per heavy atom. The Balaban J connectivity index is 1.66. The number of nitrogens with one attached hydrogen (secondary N) is 2. The summed E-state index contributed by atoms with van der Waals surface area (Å²) < 4.78 is 7.27. The van der Waals surface area contributed by atoms with Crippen molar-refractivity contribution in [3.63, 3.8) is 0 Å². The van der Waals surface area contributed by atoms with Crippen LogP contribution in [0.3, 0.4) is 0 Å². The van der Waals surface area contributed by atoms with Crippen LogP contribution in [0.25, 0.3) is 10.9 Å². The highest BCUT2D eigenvalue weighted by molar-refractivity contribution is 6.32. The fourth-order valence-electron chi connectivity index (χ4n) is 4.25. The van der Waals surface area contributed by atoms with Gasteiger partial charge >= 0.3 is 0 Å². The summed E-state index contributed by atoms with van der Waals surface area (Å²) in [5, 5.41) is 7.02. The van der Waals surface area contributed by atoms with E-state index in [1.54, 1.807) is 16.8 Å². The smallest absolute Gasteiger partial charge is 0.293 e. The summed E-state index contributed by atoms with van der Waals surface area (Å²) in [5.41, 5.74) is 1.27. The quantitative estimate of drug-likeness (QED) is 0.466. The van der Waals surface area contributed by atoms with Gasteiger partial charge in [-0.15, -0.1) is 0 Å². The number of halogens is 1. The highest BCUT2D eigenvalue weighted by Gasteiger charge is 2.19. The van der Waals surface area contributed by atoms with Crippen LogP contribution in [0.15, 0.2) is 35.3 Å². The molecule has 1 aromatic carbocycles. The molecule has 0 saturated carbocycles. The molecule has 2 N–H and O–H groups in total. The van der Waals surface area contributed by atoms with Gasteiger partial charge in [0, 0.05) is 37.8 Å². The number of carbonyl (C=O) groups excluding carboxylic acids is 1. The SMILES string of the molecule is CNC(=O)COc1cc2cc(Nc3nc(N4CCC(C)CC4)ncc3Cl)ccc2n(CC(C)C)c1=O. The molecule has 2 aromatic heterocycles. The van der Waals surface area contributed by atoms with Crippen molar-refractivity contribution >= 4 is 45.9 Å². The number of ether oxygens (including phenoxy) is 1. The van der Waals surface area contributed by atoms with Crippen molar-refractivity contribution in [3.05, 3.63) is 45.8 Å². The summed E-state index contributed by atoms with van der Waals surface area (Å²) in [7, 11) is 1.52. The Kier molecular flexibility index (Phi) is 7.98. The molecule has 0 bridgehead atoms. The number of nitrogens with zero attached hydrogens (tertiary/aromatic N) is 4. The van der Waals surface area contributed by atoms with E-state index in [-0.39, 0.29) is 29.7 Å². The summed E-state index contributed by atoms with van der Waals surface area (Å²) in [4.78, 5) is 36.1. The lowest BCUT2D eigenvalue weighted by atomic mass is 10.00. The van der Waals surface area contributed by atoms with Crippen LogP contribution in [-0.4, -0.2) is 47.2 Å². The van der Waals surface area contributed by atoms with Crippen molar-refractivity contribution in [2.75, 3.05) is 37.0 Å². The number of aromatic nitrogens is 3. The number of carbonyl (C=O) groups is 1. The van der Waals surface area contributed by atoms with Crippen LogP contribution in [0.2, 0.25) is 5.02 Å². The lowest BCUT2D eigenvalue weighted by Crippen LogP contribution is -2.34. The van der Waals surface area contributed by atoms with E-state index < -0.39 is 0 Å². The second-order valence-corrected chi connectivity index (χ2v) is 10.1. The van der Waals surface area contributed by atoms with Crippen LogP contribution in [0.4, 0.5) is 17.5 Å². The molecular weight excluding hydrogens is 480 g/mol. The summed E-state index contributed by atoms with van der Waals surface area (Å²) in [6.07, 6.45) is 3.85. The minimum absolute atomic E-state index is 0.130. The first-order valence-electron chi connectivity index (χ1n) is 12.3. The molecule has 0 aliphatic carbocycles. The number of piperidine rings is 1. The Morgan fingerprint density at radius 1 is 1.25 bits per heavy atom. The number of anilines is 3. The normalized spacial score (nSPS) is 14.3. The fraction of sp³-hybridized carbons (Fsp3) is 0.462. The second-order valence-electron chi connectivity index (χ2n) is 9.71. The van der Waals surface area contributed by atoms with Crippen molar-refractivity contribution < 1.29 is 9.53 Å². The molecule has 10 heteroatoms. The van der Waals surface area contributed by atoms with Gasteiger partial charge in [0.05, 0.1) is 11.7 Å². The predicted molar refractivity (Wildman–Crippen MR) is 144 cm³/mol. The van der Waals surface area contributed by atoms with Crippen molar-refractivity contribution in [3.8, 4) is 5.75 Å². The second kappa shape index (κ2) is 11.2. The van der Waals surface area contributed by atoms with Crippen molar-refractivity contribution in [1.82, 2.24) is 19.9 Å². The van der Waals surface area contributed by atoms with Gasteiger partial charge in [0.25, 0.3) is 11.5 Å². The molecule has 0 unspecified atom stereocenters. The van der Waals surface area contributed by atoms with E-state index in [0.29, 0.717) is 29.3 Å². The highest BCUT2D eigenvalue weighted by atomic mass is 35.5. The first-order valence-corrected chi connectivity index (χ1v) is 12.7. The summed E-state index contributed by atoms with van der Waals surface area (Å²) in [6, 6.07) is 7.37.